The van der Waals surface area contributed by atoms with E-state index in [0.29, 0.717) is 0 Å². The molecular formula is C4H6N2O7. The average Bonchev–Trinajstić information content (AvgIpc) is 2.02. The summed E-state index contributed by atoms with van der Waals surface area (Å²) in [5, 5.41) is 7.88. The molecule has 0 aliphatic rings. The molecule has 0 aromatic rings. The highest BCUT2D eigenvalue weighted by atomic mass is 16.7. The van der Waals surface area contributed by atoms with Crippen molar-refractivity contribution in [3.63, 3.8) is 0 Å². The molecule has 0 unspecified atom stereocenters. The molecule has 0 aromatic carbocycles. The summed E-state index contributed by atoms with van der Waals surface area (Å²) in [6.45, 7) is 0. The Balaban J connectivity index is 0. The third-order valence-electron chi connectivity index (χ3n) is 0.634. The Morgan fingerprint density at radius 3 is 1.77 bits per heavy atom. The van der Waals surface area contributed by atoms with E-state index in [1.807, 2.05) is 0 Å². The molecule has 0 fully saturated rings. The third kappa shape index (κ3) is 4.44. The predicted octanol–water partition coefficient (Wildman–Crippen LogP) is -2.28. The molecule has 0 saturated carbocycles. The molecule has 9 heteroatoms. The monoisotopic (exact) mass is 194 g/mol. The molecule has 0 spiro atoms. The minimum atomic E-state index is -2.01. The second kappa shape index (κ2) is 5.62. The van der Waals surface area contributed by atoms with E-state index in [2.05, 4.69) is 15.5 Å². The minimum Gasteiger partial charge on any atom is -0.473 e. The van der Waals surface area contributed by atoms with Gasteiger partial charge in [-0.3, -0.25) is 0 Å². The van der Waals surface area contributed by atoms with E-state index < -0.39 is 23.9 Å². The molecule has 0 aliphatic heterocycles. The van der Waals surface area contributed by atoms with Crippen LogP contribution in [0.15, 0.2) is 0 Å². The van der Waals surface area contributed by atoms with E-state index in [-0.39, 0.29) is 6.15 Å². The van der Waals surface area contributed by atoms with Gasteiger partial charge in [0, 0.05) is 0 Å². The first-order valence-corrected chi connectivity index (χ1v) is 2.39. The topological polar surface area (TPSA) is 168 Å². The second-order valence-electron chi connectivity index (χ2n) is 1.39. The summed E-state index contributed by atoms with van der Waals surface area (Å²) in [6, 6.07) is 0. The van der Waals surface area contributed by atoms with Crippen LogP contribution in [0.1, 0.15) is 0 Å². The van der Waals surface area contributed by atoms with Crippen LogP contribution in [-0.2, 0) is 28.8 Å². The summed E-state index contributed by atoms with van der Waals surface area (Å²) in [7, 11) is 0. The van der Waals surface area contributed by atoms with Gasteiger partial charge in [-0.1, -0.05) is 0 Å². The maximum atomic E-state index is 10.2. The third-order valence-corrected chi connectivity index (χ3v) is 0.634. The van der Waals surface area contributed by atoms with E-state index in [9.17, 15) is 19.2 Å². The lowest BCUT2D eigenvalue weighted by Gasteiger charge is -1.95. The van der Waals surface area contributed by atoms with Gasteiger partial charge in [-0.25, -0.2) is 19.2 Å². The van der Waals surface area contributed by atoms with Gasteiger partial charge in [0.1, 0.15) is 0 Å². The van der Waals surface area contributed by atoms with Crippen molar-refractivity contribution in [2.45, 2.75) is 0 Å². The van der Waals surface area contributed by atoms with Crippen LogP contribution < -0.4 is 12.0 Å². The summed E-state index contributed by atoms with van der Waals surface area (Å²) in [6.07, 6.45) is 0. The fraction of sp³-hybridized carbons (Fsp3) is 0. The number of nitrogens with two attached hydrogens (primary N) is 1. The number of carboxylic acids is 1. The number of carboxylic acid groups (broad SMARTS) is 1. The van der Waals surface area contributed by atoms with Crippen molar-refractivity contribution in [2.24, 2.45) is 5.90 Å². The normalized spacial score (nSPS) is 7.77. The van der Waals surface area contributed by atoms with Crippen molar-refractivity contribution in [1.82, 2.24) is 6.15 Å². The van der Waals surface area contributed by atoms with Crippen LogP contribution >= 0.6 is 0 Å². The van der Waals surface area contributed by atoms with Crippen LogP contribution in [0.3, 0.4) is 0 Å². The van der Waals surface area contributed by atoms with Gasteiger partial charge >= 0.3 is 23.9 Å². The minimum absolute atomic E-state index is 0. The van der Waals surface area contributed by atoms with Gasteiger partial charge in [-0.15, -0.1) is 0 Å². The summed E-state index contributed by atoms with van der Waals surface area (Å²) in [5.74, 6) is -3.12. The van der Waals surface area contributed by atoms with Crippen LogP contribution in [0.4, 0.5) is 0 Å². The van der Waals surface area contributed by atoms with Crippen LogP contribution in [-0.4, -0.2) is 29.0 Å². The Hall–Kier alpha value is -2.00. The standard InChI is InChI=1S/C4H3NO7.H3N/c5-12-4(10)3(9)11-2(8)1(6)7;/h5H2,(H,6,7);1H3. The molecule has 6 N–H and O–H groups in total. The zero-order chi connectivity index (χ0) is 9.72. The van der Waals surface area contributed by atoms with Crippen LogP contribution in [0, 0.1) is 0 Å². The number of carbonyl (C=O) groups excluding carboxylic acids is 3. The Morgan fingerprint density at radius 1 is 1.00 bits per heavy atom. The maximum Gasteiger partial charge on any atom is 0.436 e. The van der Waals surface area contributed by atoms with Crippen molar-refractivity contribution in [1.29, 1.82) is 0 Å². The first-order chi connectivity index (χ1) is 5.49. The Morgan fingerprint density at radius 2 is 1.46 bits per heavy atom. The first kappa shape index (κ1) is 13.6. The Labute approximate surface area is 70.9 Å². The van der Waals surface area contributed by atoms with Crippen molar-refractivity contribution < 1.29 is 33.9 Å². The number of esters is 2. The quantitative estimate of drug-likeness (QED) is 0.166. The smallest absolute Gasteiger partial charge is 0.436 e. The number of ether oxygens (including phenoxy) is 1. The van der Waals surface area contributed by atoms with Crippen LogP contribution in [0.5, 0.6) is 0 Å². The molecule has 0 saturated heterocycles. The fourth-order valence-corrected chi connectivity index (χ4v) is 0.218. The van der Waals surface area contributed by atoms with E-state index in [1.54, 1.807) is 0 Å². The molecule has 0 atom stereocenters. The number of rotatable bonds is 0. The van der Waals surface area contributed by atoms with Crippen molar-refractivity contribution in [3.8, 4) is 0 Å². The SMILES string of the molecule is N.NOC(=O)C(=O)OC(=O)C(=O)O. The lowest BCUT2D eigenvalue weighted by atomic mass is 10.6. The molecule has 74 valence electrons. The number of hydrogen-bond donors (Lipinski definition) is 3. The van der Waals surface area contributed by atoms with Gasteiger partial charge in [0.25, 0.3) is 0 Å². The maximum absolute atomic E-state index is 10.2. The molecule has 0 bridgehead atoms. The van der Waals surface area contributed by atoms with E-state index in [4.69, 9.17) is 5.11 Å². The van der Waals surface area contributed by atoms with Gasteiger partial charge in [-0.05, 0) is 0 Å². The molecule has 0 amide bonds. The Bertz CT molecular complexity index is 247. The Kier molecular flexibility index (Phi) is 5.88. The largest absolute Gasteiger partial charge is 0.473 e. The highest BCUT2D eigenvalue weighted by Crippen LogP contribution is 1.83. The molecule has 0 heterocycles. The zero-order valence-corrected chi connectivity index (χ0v) is 6.18. The summed E-state index contributed by atoms with van der Waals surface area (Å²) < 4.78 is 3.43. The van der Waals surface area contributed by atoms with Crippen molar-refractivity contribution in [3.05, 3.63) is 0 Å². The van der Waals surface area contributed by atoms with Gasteiger partial charge in [0.05, 0.1) is 0 Å². The van der Waals surface area contributed by atoms with Crippen LogP contribution in [0.25, 0.3) is 0 Å². The number of aliphatic carboxylic acids is 1. The van der Waals surface area contributed by atoms with Crippen molar-refractivity contribution >= 4 is 23.9 Å². The predicted molar refractivity (Wildman–Crippen MR) is 34.0 cm³/mol. The summed E-state index contributed by atoms with van der Waals surface area (Å²) in [5.41, 5.74) is 0. The van der Waals surface area contributed by atoms with Gasteiger partial charge in [-0.2, -0.15) is 5.90 Å². The molecule has 0 aromatic heterocycles. The number of carbonyl (C=O) groups is 4. The van der Waals surface area contributed by atoms with Gasteiger partial charge < -0.3 is 20.8 Å². The molecule has 0 rings (SSSR count). The highest BCUT2D eigenvalue weighted by Gasteiger charge is 2.24. The molecule has 13 heavy (non-hydrogen) atoms. The van der Waals surface area contributed by atoms with E-state index in [0.717, 1.165) is 0 Å². The lowest BCUT2D eigenvalue weighted by Crippen LogP contribution is -2.28. The van der Waals surface area contributed by atoms with Gasteiger partial charge in [0.15, 0.2) is 0 Å². The average molecular weight is 194 g/mol. The molecular weight excluding hydrogens is 188 g/mol. The zero-order valence-electron chi connectivity index (χ0n) is 6.18. The lowest BCUT2D eigenvalue weighted by molar-refractivity contribution is -0.178. The summed E-state index contributed by atoms with van der Waals surface area (Å²) in [4.78, 5) is 43.5. The first-order valence-electron chi connectivity index (χ1n) is 2.39. The highest BCUT2D eigenvalue weighted by molar-refractivity contribution is 6.38. The van der Waals surface area contributed by atoms with Crippen molar-refractivity contribution in [2.75, 3.05) is 0 Å². The number of hydrogen-bond acceptors (Lipinski definition) is 8. The van der Waals surface area contributed by atoms with Gasteiger partial charge in [0.2, 0.25) is 0 Å². The second-order valence-corrected chi connectivity index (χ2v) is 1.39. The molecule has 0 aliphatic carbocycles. The molecule has 0 radical (unpaired) electrons. The fourth-order valence-electron chi connectivity index (χ4n) is 0.218. The van der Waals surface area contributed by atoms with E-state index >= 15 is 0 Å². The molecule has 9 nitrogen and oxygen atoms in total. The summed E-state index contributed by atoms with van der Waals surface area (Å²) >= 11 is 0. The van der Waals surface area contributed by atoms with Crippen LogP contribution in [0.2, 0.25) is 0 Å². The van der Waals surface area contributed by atoms with E-state index in [1.165, 1.54) is 0 Å².